The van der Waals surface area contributed by atoms with E-state index in [2.05, 4.69) is 19.9 Å². The average molecular weight is 619 g/mol. The molecule has 5 rings (SSSR count). The number of nitrogens with zero attached hydrogens (tertiary/aromatic N) is 6. The minimum atomic E-state index is -3.02. The van der Waals surface area contributed by atoms with Crippen LogP contribution in [0.3, 0.4) is 0 Å². The lowest BCUT2D eigenvalue weighted by Gasteiger charge is -2.44. The normalized spacial score (nSPS) is 18.3. The summed E-state index contributed by atoms with van der Waals surface area (Å²) in [5.41, 5.74) is 12.5. The number of nitrogens with two attached hydrogens (primary N) is 2. The van der Waals surface area contributed by atoms with Crippen molar-refractivity contribution in [1.82, 2.24) is 24.5 Å². The van der Waals surface area contributed by atoms with Gasteiger partial charge in [-0.3, -0.25) is 4.98 Å². The van der Waals surface area contributed by atoms with Crippen LogP contribution in [-0.4, -0.2) is 73.2 Å². The predicted molar refractivity (Wildman–Crippen MR) is 155 cm³/mol. The topological polar surface area (TPSA) is 150 Å². The number of benzene rings is 1. The zero-order valence-corrected chi connectivity index (χ0v) is 24.5. The number of aliphatic hydroxyl groups is 1. The molecule has 44 heavy (non-hydrogen) atoms. The van der Waals surface area contributed by atoms with Gasteiger partial charge in [0.1, 0.15) is 23.8 Å². The van der Waals surface area contributed by atoms with E-state index in [9.17, 15) is 13.9 Å². The molecule has 0 amide bonds. The second-order valence-corrected chi connectivity index (χ2v) is 11.2. The molecular weight excluding hydrogens is 584 g/mol. The Balaban J connectivity index is 1.56. The van der Waals surface area contributed by atoms with E-state index in [-0.39, 0.29) is 42.3 Å². The first-order chi connectivity index (χ1) is 20.8. The Morgan fingerprint density at radius 1 is 1.11 bits per heavy atom. The summed E-state index contributed by atoms with van der Waals surface area (Å²) in [6.45, 7) is 5.71. The lowest BCUT2D eigenvalue weighted by atomic mass is 9.84. The summed E-state index contributed by atoms with van der Waals surface area (Å²) in [5, 5.41) is 10.2. The van der Waals surface area contributed by atoms with E-state index in [1.165, 1.54) is 18.9 Å². The number of fused-ring (bicyclic) bond motifs is 1. The summed E-state index contributed by atoms with van der Waals surface area (Å²) >= 11 is 0. The highest BCUT2D eigenvalue weighted by Gasteiger charge is 2.43. The highest BCUT2D eigenvalue weighted by molar-refractivity contribution is 5.81. The highest BCUT2D eigenvalue weighted by atomic mass is 19.3. The number of pyridine rings is 1. The maximum Gasteiger partial charge on any atom is 0.265 e. The summed E-state index contributed by atoms with van der Waals surface area (Å²) < 4.78 is 70.3. The second-order valence-electron chi connectivity index (χ2n) is 11.2. The minimum Gasteiger partial charge on any atom is -0.460 e. The molecule has 236 valence electrons. The van der Waals surface area contributed by atoms with E-state index in [0.717, 1.165) is 12.1 Å². The molecule has 0 bridgehead atoms. The number of hydrogen-bond donors (Lipinski definition) is 3. The number of nitrogen functional groups attached to an aromatic ring is 1. The fraction of sp³-hybridized carbons (Fsp3) is 0.448. The fourth-order valence-electron chi connectivity index (χ4n) is 5.50. The number of ether oxygens (including phenoxy) is 2. The van der Waals surface area contributed by atoms with E-state index in [1.54, 1.807) is 36.3 Å². The molecule has 0 spiro atoms. The molecule has 4 heterocycles. The van der Waals surface area contributed by atoms with Crippen LogP contribution in [0.1, 0.15) is 39.2 Å². The Morgan fingerprint density at radius 2 is 1.89 bits per heavy atom. The van der Waals surface area contributed by atoms with Crippen LogP contribution in [0.4, 0.5) is 29.1 Å². The molecule has 0 saturated carbocycles. The van der Waals surface area contributed by atoms with Crippen molar-refractivity contribution in [3.63, 3.8) is 0 Å². The number of aromatic nitrogens is 5. The van der Waals surface area contributed by atoms with Gasteiger partial charge < -0.3 is 35.5 Å². The Kier molecular flexibility index (Phi) is 8.64. The minimum absolute atomic E-state index is 0.0863. The van der Waals surface area contributed by atoms with Gasteiger partial charge in [-0.2, -0.15) is 0 Å². The number of halogens is 4. The van der Waals surface area contributed by atoms with Crippen LogP contribution in [0.5, 0.6) is 5.75 Å². The first-order valence-electron chi connectivity index (χ1n) is 14.0. The van der Waals surface area contributed by atoms with Crippen molar-refractivity contribution in [2.24, 2.45) is 5.73 Å². The van der Waals surface area contributed by atoms with Crippen LogP contribution >= 0.6 is 0 Å². The van der Waals surface area contributed by atoms with E-state index in [0.29, 0.717) is 42.0 Å². The van der Waals surface area contributed by atoms with Crippen LogP contribution in [0.15, 0.2) is 37.1 Å². The summed E-state index contributed by atoms with van der Waals surface area (Å²) in [7, 11) is 0. The van der Waals surface area contributed by atoms with Crippen molar-refractivity contribution in [2.45, 2.75) is 64.0 Å². The Bertz CT molecular complexity index is 1650. The molecule has 1 aliphatic heterocycles. The number of piperidine rings is 1. The first-order valence-corrected chi connectivity index (χ1v) is 14.0. The van der Waals surface area contributed by atoms with Crippen molar-refractivity contribution in [2.75, 3.05) is 30.3 Å². The van der Waals surface area contributed by atoms with Crippen LogP contribution in [0.25, 0.3) is 22.4 Å². The van der Waals surface area contributed by atoms with E-state index in [4.69, 9.17) is 20.9 Å². The van der Waals surface area contributed by atoms with Crippen molar-refractivity contribution in [3.8, 4) is 17.0 Å². The van der Waals surface area contributed by atoms with Gasteiger partial charge in [-0.05, 0) is 37.5 Å². The third kappa shape index (κ3) is 6.25. The summed E-state index contributed by atoms with van der Waals surface area (Å²) in [5.74, 6) is -2.94. The molecule has 1 saturated heterocycles. The molecule has 11 nitrogen and oxygen atoms in total. The average Bonchev–Trinajstić information content (AvgIpc) is 3.38. The molecule has 2 atom stereocenters. The Hall–Kier alpha value is -4.08. The van der Waals surface area contributed by atoms with Gasteiger partial charge in [0.15, 0.2) is 23.0 Å². The van der Waals surface area contributed by atoms with E-state index >= 15 is 8.78 Å². The van der Waals surface area contributed by atoms with Gasteiger partial charge in [0, 0.05) is 45.2 Å². The van der Waals surface area contributed by atoms with Gasteiger partial charge in [0.25, 0.3) is 6.43 Å². The predicted octanol–water partition coefficient (Wildman–Crippen LogP) is 3.87. The van der Waals surface area contributed by atoms with E-state index in [1.807, 2.05) is 0 Å². The van der Waals surface area contributed by atoms with Crippen molar-refractivity contribution < 1.29 is 32.1 Å². The van der Waals surface area contributed by atoms with Crippen LogP contribution in [-0.2, 0) is 11.3 Å². The number of rotatable bonds is 10. The van der Waals surface area contributed by atoms with Gasteiger partial charge in [0.2, 0.25) is 5.79 Å². The fourth-order valence-corrected chi connectivity index (χ4v) is 5.50. The maximum atomic E-state index is 15.5. The number of hydrogen-bond acceptors (Lipinski definition) is 10. The second kappa shape index (κ2) is 12.1. The van der Waals surface area contributed by atoms with Crippen LogP contribution < -0.4 is 21.1 Å². The molecule has 4 aromatic rings. The number of alkyl halides is 2. The SMILES string of the molecule is CCOC(C)(C)Oc1cc(F)c(-c2cc(Cn3cnc4c(N)ncnc43)c(N3CCC[C@](N)([C@H](O)C(F)F)C3)cn2)cc1F. The molecule has 5 N–H and O–H groups in total. The highest BCUT2D eigenvalue weighted by Crippen LogP contribution is 2.35. The quantitative estimate of drug-likeness (QED) is 0.177. The molecule has 15 heteroatoms. The summed E-state index contributed by atoms with van der Waals surface area (Å²) in [4.78, 5) is 18.7. The van der Waals surface area contributed by atoms with Gasteiger partial charge in [-0.1, -0.05) is 0 Å². The zero-order chi connectivity index (χ0) is 31.8. The summed E-state index contributed by atoms with van der Waals surface area (Å²) in [6, 6.07) is 3.50. The van der Waals surface area contributed by atoms with Crippen molar-refractivity contribution >= 4 is 22.7 Å². The molecule has 1 aliphatic rings. The Morgan fingerprint density at radius 3 is 2.61 bits per heavy atom. The molecule has 3 aromatic heterocycles. The standard InChI is InChI=1S/C29H34F4N8O3/c1-4-43-28(2,3)44-22-10-18(30)17(9-19(22)31)20-8-16(12-41-15-39-23-26(34)37-14-38-27(23)41)21(11-36-20)40-7-5-6-29(35,13-40)24(42)25(32)33/h8-11,14-15,24-25,42H,4-7,12-13,35H2,1-3H3,(H2,34,37,38)/t24-,29-/m1/s1. The zero-order valence-electron chi connectivity index (χ0n) is 24.5. The molecule has 0 aliphatic carbocycles. The lowest BCUT2D eigenvalue weighted by Crippen LogP contribution is -2.63. The van der Waals surface area contributed by atoms with Gasteiger partial charge in [-0.15, -0.1) is 0 Å². The molecule has 1 fully saturated rings. The number of anilines is 2. The van der Waals surface area contributed by atoms with Gasteiger partial charge >= 0.3 is 0 Å². The molecular formula is C29H34F4N8O3. The summed E-state index contributed by atoms with van der Waals surface area (Å²) in [6.07, 6.45) is -0.183. The number of imidazole rings is 1. The van der Waals surface area contributed by atoms with Crippen LogP contribution in [0, 0.1) is 11.6 Å². The molecule has 0 radical (unpaired) electrons. The van der Waals surface area contributed by atoms with Gasteiger partial charge in [0.05, 0.1) is 36.0 Å². The smallest absolute Gasteiger partial charge is 0.265 e. The largest absolute Gasteiger partial charge is 0.460 e. The first kappa shape index (κ1) is 31.3. The molecule has 0 unspecified atom stereocenters. The lowest BCUT2D eigenvalue weighted by molar-refractivity contribution is -0.153. The molecule has 1 aromatic carbocycles. The maximum absolute atomic E-state index is 15.5. The van der Waals surface area contributed by atoms with Gasteiger partial charge in [-0.25, -0.2) is 32.5 Å². The van der Waals surface area contributed by atoms with Crippen LogP contribution in [0.2, 0.25) is 0 Å². The Labute approximate surface area is 250 Å². The third-order valence-corrected chi connectivity index (χ3v) is 7.61. The monoisotopic (exact) mass is 618 g/mol. The van der Waals surface area contributed by atoms with Crippen molar-refractivity contribution in [3.05, 3.63) is 54.2 Å². The van der Waals surface area contributed by atoms with E-state index < -0.39 is 35.5 Å². The van der Waals surface area contributed by atoms with Crippen molar-refractivity contribution in [1.29, 1.82) is 0 Å². The number of aliphatic hydroxyl groups excluding tert-OH is 1. The third-order valence-electron chi connectivity index (χ3n) is 7.61.